The molecular weight excluding hydrogens is 354 g/mol. The number of methoxy groups -OCH3 is 1. The van der Waals surface area contributed by atoms with E-state index in [0.29, 0.717) is 22.8 Å². The number of ketones is 1. The van der Waals surface area contributed by atoms with Crippen molar-refractivity contribution in [3.05, 3.63) is 72.2 Å². The van der Waals surface area contributed by atoms with Crippen LogP contribution in [0.5, 0.6) is 5.75 Å². The molecule has 1 heterocycles. The second kappa shape index (κ2) is 8.56. The second-order valence-electron chi connectivity index (χ2n) is 5.81. The number of rotatable bonds is 6. The molecule has 3 rings (SSSR count). The van der Waals surface area contributed by atoms with Gasteiger partial charge in [0.15, 0.2) is 0 Å². The molecule has 0 bridgehead atoms. The molecule has 0 saturated carbocycles. The van der Waals surface area contributed by atoms with Crippen molar-refractivity contribution in [2.75, 3.05) is 12.5 Å². The van der Waals surface area contributed by atoms with Crippen LogP contribution in [-0.2, 0) is 0 Å². The number of nitrogens with one attached hydrogen (secondary N) is 1. The summed E-state index contributed by atoms with van der Waals surface area (Å²) in [5.41, 5.74) is 5.10. The molecule has 0 atom stereocenters. The molecule has 0 saturated heterocycles. The van der Waals surface area contributed by atoms with Crippen molar-refractivity contribution >= 4 is 17.2 Å². The van der Waals surface area contributed by atoms with E-state index in [9.17, 15) is 10.1 Å². The van der Waals surface area contributed by atoms with Crippen LogP contribution >= 0.6 is 0 Å². The van der Waals surface area contributed by atoms with Crippen LogP contribution in [-0.4, -0.2) is 28.6 Å². The third kappa shape index (κ3) is 4.37. The summed E-state index contributed by atoms with van der Waals surface area (Å²) < 4.78 is 5.11. The number of nitriles is 1. The number of aromatic nitrogens is 2. The van der Waals surface area contributed by atoms with Crippen LogP contribution in [0, 0.1) is 18.3 Å². The third-order valence-electron chi connectivity index (χ3n) is 3.88. The number of nitrogens with zero attached hydrogens (tertiary/aromatic N) is 4. The summed E-state index contributed by atoms with van der Waals surface area (Å²) in [5.74, 6) is 0.713. The summed E-state index contributed by atoms with van der Waals surface area (Å²) >= 11 is 0. The fourth-order valence-corrected chi connectivity index (χ4v) is 2.51. The average molecular weight is 371 g/mol. The molecule has 0 aliphatic rings. The van der Waals surface area contributed by atoms with E-state index >= 15 is 0 Å². The van der Waals surface area contributed by atoms with E-state index in [-0.39, 0.29) is 5.71 Å². The van der Waals surface area contributed by atoms with Crippen LogP contribution in [0.4, 0.5) is 5.69 Å². The van der Waals surface area contributed by atoms with Crippen LogP contribution in [0.3, 0.4) is 0 Å². The zero-order valence-electron chi connectivity index (χ0n) is 15.4. The largest absolute Gasteiger partial charge is 0.497 e. The first-order valence-electron chi connectivity index (χ1n) is 8.43. The number of aryl methyl sites for hydroxylation is 1. The molecule has 0 amide bonds. The normalized spacial score (nSPS) is 10.8. The Morgan fingerprint density at radius 2 is 2.00 bits per heavy atom. The van der Waals surface area contributed by atoms with E-state index in [1.165, 1.54) is 7.11 Å². The van der Waals surface area contributed by atoms with Gasteiger partial charge in [0.05, 0.1) is 18.5 Å². The zero-order chi connectivity index (χ0) is 19.9. The number of benzene rings is 2. The van der Waals surface area contributed by atoms with Crippen molar-refractivity contribution in [1.29, 1.82) is 5.26 Å². The van der Waals surface area contributed by atoms with Crippen LogP contribution in [0.25, 0.3) is 11.3 Å². The van der Waals surface area contributed by atoms with Crippen LogP contribution < -0.4 is 10.2 Å². The number of Topliss-reactive ketones (excluding diaryl/α,β-unsaturated/α-hetero) is 1. The topological polar surface area (TPSA) is 100 Å². The lowest BCUT2D eigenvalue weighted by atomic mass is 10.1. The van der Waals surface area contributed by atoms with Crippen molar-refractivity contribution in [3.8, 4) is 23.1 Å². The molecule has 0 radical (unpaired) electrons. The van der Waals surface area contributed by atoms with E-state index in [4.69, 9.17) is 4.74 Å². The molecular formula is C21H17N5O2. The predicted molar refractivity (Wildman–Crippen MR) is 106 cm³/mol. The molecule has 0 unspecified atom stereocenters. The number of hydrazone groups is 1. The minimum absolute atomic E-state index is 0.253. The number of carbonyl (C=O) groups excluding carboxylic acids is 1. The minimum atomic E-state index is -0.489. The van der Waals surface area contributed by atoms with Gasteiger partial charge in [-0.3, -0.25) is 10.2 Å². The fraction of sp³-hybridized carbons (Fsp3) is 0.0952. The molecule has 0 spiro atoms. The maximum atomic E-state index is 12.5. The van der Waals surface area contributed by atoms with E-state index < -0.39 is 5.78 Å². The summed E-state index contributed by atoms with van der Waals surface area (Å²) in [6.45, 7) is 1.82. The van der Waals surface area contributed by atoms with Gasteiger partial charge in [-0.15, -0.1) is 0 Å². The summed E-state index contributed by atoms with van der Waals surface area (Å²) in [5, 5.41) is 13.3. The van der Waals surface area contributed by atoms with Gasteiger partial charge in [-0.1, -0.05) is 24.3 Å². The van der Waals surface area contributed by atoms with E-state index in [1.807, 2.05) is 37.3 Å². The van der Waals surface area contributed by atoms with Gasteiger partial charge in [-0.05, 0) is 37.3 Å². The summed E-state index contributed by atoms with van der Waals surface area (Å²) in [6.07, 6.45) is 1.69. The Morgan fingerprint density at radius 1 is 1.18 bits per heavy atom. The first-order chi connectivity index (χ1) is 13.6. The first-order valence-corrected chi connectivity index (χ1v) is 8.43. The Balaban J connectivity index is 1.82. The monoisotopic (exact) mass is 371 g/mol. The fourth-order valence-electron chi connectivity index (χ4n) is 2.51. The van der Waals surface area contributed by atoms with Gasteiger partial charge in [0, 0.05) is 17.3 Å². The van der Waals surface area contributed by atoms with Gasteiger partial charge < -0.3 is 4.74 Å². The lowest BCUT2D eigenvalue weighted by Crippen LogP contribution is -2.14. The van der Waals surface area contributed by atoms with E-state index in [1.54, 1.807) is 36.5 Å². The number of carbonyl (C=O) groups is 1. The number of hydrogen-bond donors (Lipinski definition) is 1. The highest BCUT2D eigenvalue weighted by Gasteiger charge is 2.15. The van der Waals surface area contributed by atoms with Gasteiger partial charge >= 0.3 is 0 Å². The van der Waals surface area contributed by atoms with Gasteiger partial charge in [0.25, 0.3) is 0 Å². The highest BCUT2D eigenvalue weighted by Crippen LogP contribution is 2.21. The van der Waals surface area contributed by atoms with E-state index in [2.05, 4.69) is 20.5 Å². The summed E-state index contributed by atoms with van der Waals surface area (Å²) in [4.78, 5) is 21.0. The molecule has 1 aromatic heterocycles. The molecule has 28 heavy (non-hydrogen) atoms. The maximum absolute atomic E-state index is 12.5. The van der Waals surface area contributed by atoms with Crippen LogP contribution in [0.15, 0.2) is 65.9 Å². The number of anilines is 1. The van der Waals surface area contributed by atoms with Gasteiger partial charge in [0.1, 0.15) is 17.6 Å². The van der Waals surface area contributed by atoms with Gasteiger partial charge in [0.2, 0.25) is 11.5 Å². The number of hydrogen-bond acceptors (Lipinski definition) is 7. The molecule has 7 nitrogen and oxygen atoms in total. The Morgan fingerprint density at radius 3 is 2.75 bits per heavy atom. The molecule has 138 valence electrons. The molecule has 7 heteroatoms. The number of ether oxygens (including phenoxy) is 1. The SMILES string of the molecule is COc1cccc(C(=O)/C(C#N)=N/Nc2cccc(-c3ccnc(C)n3)c2)c1. The van der Waals surface area contributed by atoms with Crippen molar-refractivity contribution < 1.29 is 9.53 Å². The van der Waals surface area contributed by atoms with Crippen molar-refractivity contribution in [1.82, 2.24) is 9.97 Å². The van der Waals surface area contributed by atoms with Crippen molar-refractivity contribution in [3.63, 3.8) is 0 Å². The van der Waals surface area contributed by atoms with Crippen LogP contribution in [0.2, 0.25) is 0 Å². The van der Waals surface area contributed by atoms with E-state index in [0.717, 1.165) is 11.3 Å². The summed E-state index contributed by atoms with van der Waals surface area (Å²) in [7, 11) is 1.51. The molecule has 1 N–H and O–H groups in total. The minimum Gasteiger partial charge on any atom is -0.497 e. The lowest BCUT2D eigenvalue weighted by Gasteiger charge is -2.06. The smallest absolute Gasteiger partial charge is 0.224 e. The molecule has 0 fully saturated rings. The molecule has 0 aliphatic carbocycles. The Kier molecular flexibility index (Phi) is 5.72. The molecule has 0 aliphatic heterocycles. The standard InChI is InChI=1S/C21H17N5O2/c1-14-23-10-9-19(24-14)15-5-3-7-17(11-15)25-26-20(13-22)21(27)16-6-4-8-18(12-16)28-2/h3-12,25H,1-2H3/b26-20+. The Labute approximate surface area is 162 Å². The van der Waals surface area contributed by atoms with Crippen molar-refractivity contribution in [2.24, 2.45) is 5.10 Å². The average Bonchev–Trinajstić information content (AvgIpc) is 2.74. The first kappa shape index (κ1) is 18.7. The van der Waals surface area contributed by atoms with Gasteiger partial charge in [-0.25, -0.2) is 9.97 Å². The maximum Gasteiger partial charge on any atom is 0.224 e. The lowest BCUT2D eigenvalue weighted by molar-refractivity contribution is 0.106. The highest BCUT2D eigenvalue weighted by atomic mass is 16.5. The van der Waals surface area contributed by atoms with Crippen LogP contribution in [0.1, 0.15) is 16.2 Å². The molecule has 3 aromatic rings. The third-order valence-corrected chi connectivity index (χ3v) is 3.88. The Hall–Kier alpha value is -4.05. The summed E-state index contributed by atoms with van der Waals surface area (Å²) in [6, 6.07) is 17.6. The second-order valence-corrected chi connectivity index (χ2v) is 5.81. The van der Waals surface area contributed by atoms with Gasteiger partial charge in [-0.2, -0.15) is 10.4 Å². The Bertz CT molecular complexity index is 1090. The highest BCUT2D eigenvalue weighted by molar-refractivity contribution is 6.51. The molecule has 2 aromatic carbocycles. The quantitative estimate of drug-likeness (QED) is 0.403. The zero-order valence-corrected chi connectivity index (χ0v) is 15.4. The van der Waals surface area contributed by atoms with Crippen molar-refractivity contribution in [2.45, 2.75) is 6.92 Å². The predicted octanol–water partition coefficient (Wildman–Crippen LogP) is 3.64.